The number of morpholine rings is 1. The summed E-state index contributed by atoms with van der Waals surface area (Å²) in [7, 11) is -1.81. The van der Waals surface area contributed by atoms with Gasteiger partial charge in [0.2, 0.25) is 10.0 Å². The average Bonchev–Trinajstić information content (AvgIpc) is 2.69. The van der Waals surface area contributed by atoms with Crippen molar-refractivity contribution in [3.8, 4) is 5.75 Å². The minimum Gasteiger partial charge on any atom is -0.497 e. The second-order valence-electron chi connectivity index (χ2n) is 6.15. The summed E-state index contributed by atoms with van der Waals surface area (Å²) in [5, 5.41) is 2.79. The quantitative estimate of drug-likeness (QED) is 0.817. The highest BCUT2D eigenvalue weighted by Crippen LogP contribution is 2.17. The van der Waals surface area contributed by atoms with Crippen molar-refractivity contribution in [2.24, 2.45) is 0 Å². The molecule has 1 amide bonds. The topological polar surface area (TPSA) is 84.9 Å². The Bertz CT molecular complexity index is 873. The molecule has 2 aromatic carbocycles. The van der Waals surface area contributed by atoms with E-state index in [1.54, 1.807) is 55.6 Å². The van der Waals surface area contributed by atoms with Crippen LogP contribution in [0.1, 0.15) is 15.9 Å². The van der Waals surface area contributed by atoms with Crippen LogP contribution in [0.3, 0.4) is 0 Å². The Balaban J connectivity index is 1.62. The van der Waals surface area contributed by atoms with Crippen LogP contribution in [-0.2, 0) is 20.5 Å². The number of ether oxygens (including phenoxy) is 2. The van der Waals surface area contributed by atoms with E-state index < -0.39 is 10.0 Å². The lowest BCUT2D eigenvalue weighted by Gasteiger charge is -2.26. The van der Waals surface area contributed by atoms with Crippen molar-refractivity contribution in [1.29, 1.82) is 0 Å². The third-order valence-corrected chi connectivity index (χ3v) is 6.13. The maximum absolute atomic E-state index is 12.4. The zero-order valence-corrected chi connectivity index (χ0v) is 15.9. The lowest BCUT2D eigenvalue weighted by atomic mass is 10.1. The van der Waals surface area contributed by atoms with Crippen LogP contribution >= 0.6 is 0 Å². The average molecular weight is 390 g/mol. The first-order chi connectivity index (χ1) is 13.0. The van der Waals surface area contributed by atoms with E-state index in [1.165, 1.54) is 4.31 Å². The molecule has 3 rings (SSSR count). The number of benzene rings is 2. The Labute approximate surface area is 158 Å². The second kappa shape index (κ2) is 8.51. The molecule has 0 bridgehead atoms. The molecule has 0 aromatic heterocycles. The molecule has 1 heterocycles. The Morgan fingerprint density at radius 3 is 2.30 bits per heavy atom. The van der Waals surface area contributed by atoms with Crippen LogP contribution in [0, 0.1) is 0 Å². The summed E-state index contributed by atoms with van der Waals surface area (Å²) in [6.45, 7) is 1.60. The molecule has 1 saturated heterocycles. The monoisotopic (exact) mass is 390 g/mol. The third kappa shape index (κ3) is 5.06. The molecule has 0 spiro atoms. The molecule has 0 aliphatic carbocycles. The number of sulfonamides is 1. The van der Waals surface area contributed by atoms with Gasteiger partial charge in [-0.05, 0) is 42.0 Å². The lowest BCUT2D eigenvalue weighted by Crippen LogP contribution is -2.41. The molecule has 0 radical (unpaired) electrons. The van der Waals surface area contributed by atoms with Gasteiger partial charge in [0.25, 0.3) is 5.91 Å². The maximum Gasteiger partial charge on any atom is 0.255 e. The predicted molar refractivity (Wildman–Crippen MR) is 102 cm³/mol. The van der Waals surface area contributed by atoms with Crippen LogP contribution in [0.5, 0.6) is 5.75 Å². The molecule has 27 heavy (non-hydrogen) atoms. The molecule has 1 N–H and O–H groups in total. The van der Waals surface area contributed by atoms with Crippen molar-refractivity contribution in [3.63, 3.8) is 0 Å². The molecule has 0 atom stereocenters. The number of anilines is 1. The number of carbonyl (C=O) groups is 1. The molecular formula is C19H22N2O5S. The third-order valence-electron chi connectivity index (χ3n) is 4.28. The molecular weight excluding hydrogens is 368 g/mol. The fraction of sp³-hybridized carbons (Fsp3) is 0.316. The van der Waals surface area contributed by atoms with Gasteiger partial charge in [-0.15, -0.1) is 0 Å². The van der Waals surface area contributed by atoms with E-state index in [9.17, 15) is 13.2 Å². The Morgan fingerprint density at radius 1 is 1.07 bits per heavy atom. The minimum atomic E-state index is -3.38. The zero-order valence-electron chi connectivity index (χ0n) is 15.1. The standard InChI is InChI=1S/C19H22N2O5S/c1-25-18-8-6-17(7-9-18)20-19(22)16-4-2-15(3-5-16)14-27(23,24)21-10-12-26-13-11-21/h2-9H,10-14H2,1H3,(H,20,22). The van der Waals surface area contributed by atoms with Gasteiger partial charge in [-0.25, -0.2) is 8.42 Å². The number of hydrogen-bond donors (Lipinski definition) is 1. The Hall–Kier alpha value is -2.42. The minimum absolute atomic E-state index is 0.0899. The lowest BCUT2D eigenvalue weighted by molar-refractivity contribution is 0.0729. The fourth-order valence-corrected chi connectivity index (χ4v) is 4.26. The number of methoxy groups -OCH3 is 1. The summed E-state index contributed by atoms with van der Waals surface area (Å²) < 4.78 is 36.6. The van der Waals surface area contributed by atoms with Crippen LogP contribution in [0.2, 0.25) is 0 Å². The van der Waals surface area contributed by atoms with Crippen LogP contribution in [-0.4, -0.2) is 52.0 Å². The van der Waals surface area contributed by atoms with E-state index in [0.717, 1.165) is 0 Å². The first kappa shape index (κ1) is 19.3. The predicted octanol–water partition coefficient (Wildman–Crippen LogP) is 2.11. The van der Waals surface area contributed by atoms with E-state index in [0.29, 0.717) is 48.9 Å². The highest BCUT2D eigenvalue weighted by molar-refractivity contribution is 7.88. The molecule has 1 aliphatic rings. The number of carbonyl (C=O) groups excluding carboxylic acids is 1. The summed E-state index contributed by atoms with van der Waals surface area (Å²) >= 11 is 0. The van der Waals surface area contributed by atoms with E-state index in [4.69, 9.17) is 9.47 Å². The smallest absolute Gasteiger partial charge is 0.255 e. The van der Waals surface area contributed by atoms with Crippen LogP contribution in [0.15, 0.2) is 48.5 Å². The van der Waals surface area contributed by atoms with E-state index in [1.807, 2.05) is 0 Å². The first-order valence-electron chi connectivity index (χ1n) is 8.58. The molecule has 7 nitrogen and oxygen atoms in total. The number of nitrogens with one attached hydrogen (secondary N) is 1. The Morgan fingerprint density at radius 2 is 1.70 bits per heavy atom. The number of hydrogen-bond acceptors (Lipinski definition) is 5. The zero-order chi connectivity index (χ0) is 19.3. The van der Waals surface area contributed by atoms with Gasteiger partial charge in [0.05, 0.1) is 26.1 Å². The molecule has 0 unspecified atom stereocenters. The van der Waals surface area contributed by atoms with Gasteiger partial charge in [-0.2, -0.15) is 4.31 Å². The van der Waals surface area contributed by atoms with Gasteiger partial charge in [0.15, 0.2) is 0 Å². The molecule has 1 aliphatic heterocycles. The summed E-state index contributed by atoms with van der Waals surface area (Å²) in [5.74, 6) is 0.356. The first-order valence-corrected chi connectivity index (χ1v) is 10.2. The van der Waals surface area contributed by atoms with Gasteiger partial charge in [-0.3, -0.25) is 4.79 Å². The highest BCUT2D eigenvalue weighted by atomic mass is 32.2. The summed E-state index contributed by atoms with van der Waals surface area (Å²) in [5.41, 5.74) is 1.75. The normalized spacial score (nSPS) is 15.3. The largest absolute Gasteiger partial charge is 0.497 e. The summed E-state index contributed by atoms with van der Waals surface area (Å²) in [6, 6.07) is 13.6. The molecule has 1 fully saturated rings. The molecule has 144 valence electrons. The van der Waals surface area contributed by atoms with Crippen molar-refractivity contribution >= 4 is 21.6 Å². The van der Waals surface area contributed by atoms with Crippen molar-refractivity contribution in [1.82, 2.24) is 4.31 Å². The van der Waals surface area contributed by atoms with Crippen molar-refractivity contribution in [2.45, 2.75) is 5.75 Å². The van der Waals surface area contributed by atoms with Crippen molar-refractivity contribution in [2.75, 3.05) is 38.7 Å². The van der Waals surface area contributed by atoms with Crippen LogP contribution in [0.4, 0.5) is 5.69 Å². The van der Waals surface area contributed by atoms with Gasteiger partial charge in [0, 0.05) is 24.3 Å². The van der Waals surface area contributed by atoms with Gasteiger partial charge in [0.1, 0.15) is 5.75 Å². The van der Waals surface area contributed by atoms with Gasteiger partial charge < -0.3 is 14.8 Å². The number of rotatable bonds is 6. The highest BCUT2D eigenvalue weighted by Gasteiger charge is 2.24. The van der Waals surface area contributed by atoms with Crippen molar-refractivity contribution < 1.29 is 22.7 Å². The maximum atomic E-state index is 12.4. The summed E-state index contributed by atoms with van der Waals surface area (Å²) in [4.78, 5) is 12.3. The van der Waals surface area contributed by atoms with E-state index in [-0.39, 0.29) is 11.7 Å². The summed E-state index contributed by atoms with van der Waals surface area (Å²) in [6.07, 6.45) is 0. The van der Waals surface area contributed by atoms with E-state index >= 15 is 0 Å². The molecule has 2 aromatic rings. The fourth-order valence-electron chi connectivity index (χ4n) is 2.76. The number of nitrogens with zero attached hydrogens (tertiary/aromatic N) is 1. The molecule has 8 heteroatoms. The SMILES string of the molecule is COc1ccc(NC(=O)c2ccc(CS(=O)(=O)N3CCOCC3)cc2)cc1. The van der Waals surface area contributed by atoms with Crippen LogP contribution < -0.4 is 10.1 Å². The Kier molecular flexibility index (Phi) is 6.10. The van der Waals surface area contributed by atoms with Gasteiger partial charge in [-0.1, -0.05) is 12.1 Å². The second-order valence-corrected chi connectivity index (χ2v) is 8.12. The van der Waals surface area contributed by atoms with Crippen LogP contribution in [0.25, 0.3) is 0 Å². The van der Waals surface area contributed by atoms with Crippen molar-refractivity contribution in [3.05, 3.63) is 59.7 Å². The van der Waals surface area contributed by atoms with E-state index in [2.05, 4.69) is 5.32 Å². The molecule has 0 saturated carbocycles. The number of amides is 1. The van der Waals surface area contributed by atoms with Gasteiger partial charge >= 0.3 is 0 Å².